The number of nitrogens with one attached hydrogen (secondary N) is 2. The number of halogens is 1. The monoisotopic (exact) mass is 591 g/mol. The Morgan fingerprint density at radius 2 is 1.86 bits per heavy atom. The molecular weight excluding hydrogens is 558 g/mol. The van der Waals surface area contributed by atoms with Gasteiger partial charge in [-0.05, 0) is 49.6 Å². The maximum absolute atomic E-state index is 14.3. The van der Waals surface area contributed by atoms with Gasteiger partial charge in [-0.1, -0.05) is 61.2 Å². The van der Waals surface area contributed by atoms with Gasteiger partial charge >= 0.3 is 0 Å². The number of nitrogens with zero attached hydrogens (tertiary/aromatic N) is 1. The van der Waals surface area contributed by atoms with Crippen molar-refractivity contribution < 1.29 is 28.6 Å². The van der Waals surface area contributed by atoms with Gasteiger partial charge in [0, 0.05) is 16.8 Å². The van der Waals surface area contributed by atoms with E-state index in [9.17, 15) is 14.4 Å². The van der Waals surface area contributed by atoms with Gasteiger partial charge in [0.1, 0.15) is 18.2 Å². The van der Waals surface area contributed by atoms with Crippen molar-refractivity contribution in [1.82, 2.24) is 10.2 Å². The van der Waals surface area contributed by atoms with Gasteiger partial charge in [0.05, 0.1) is 24.5 Å². The molecule has 0 unspecified atom stereocenters. The van der Waals surface area contributed by atoms with Gasteiger partial charge in [-0.25, -0.2) is 0 Å². The van der Waals surface area contributed by atoms with Crippen LogP contribution in [-0.4, -0.2) is 65.7 Å². The summed E-state index contributed by atoms with van der Waals surface area (Å²) in [6, 6.07) is 11.8. The molecule has 3 fully saturated rings. The molecule has 220 valence electrons. The SMILES string of the molecule is Cc1ccc(NC(=O)[C@H]2[C@H]3C=C[C@@]4(O3)[C@H]2C(=O)N(C[C@@H]2COc3ccccc3O2)[C@@H]4C(=O)NC2CCCCC2)cc1Cl. The van der Waals surface area contributed by atoms with Crippen molar-refractivity contribution >= 4 is 35.0 Å². The van der Waals surface area contributed by atoms with Crippen molar-refractivity contribution in [2.45, 2.75) is 68.9 Å². The average molecular weight is 592 g/mol. The standard InChI is InChI=1S/C32H34ClN3O6/c1-18-11-12-20(15-22(18)33)35-29(37)26-25-13-14-32(42-25)27(26)31(39)36(28(32)30(38)34-19-7-3-2-4-8-19)16-21-17-40-23-9-5-6-10-24(23)41-21/h5-6,9-15,19,21,25-28H,2-4,7-8,16-17H2,1H3,(H,34,38)(H,35,37)/t21-,25-,26+,27-,28-,32-/m1/s1. The first kappa shape index (κ1) is 27.3. The molecular formula is C32H34ClN3O6. The fourth-order valence-corrected chi connectivity index (χ4v) is 7.44. The van der Waals surface area contributed by atoms with Crippen molar-refractivity contribution in [3.63, 3.8) is 0 Å². The fraction of sp³-hybridized carbons (Fsp3) is 0.469. The zero-order valence-electron chi connectivity index (χ0n) is 23.4. The third-order valence-electron chi connectivity index (χ3n) is 9.28. The van der Waals surface area contributed by atoms with E-state index in [1.165, 1.54) is 0 Å². The minimum absolute atomic E-state index is 0.0488. The summed E-state index contributed by atoms with van der Waals surface area (Å²) >= 11 is 6.29. The number of likely N-dealkylation sites (tertiary alicyclic amines) is 1. The van der Waals surface area contributed by atoms with Gasteiger partial charge in [0.15, 0.2) is 17.6 Å². The van der Waals surface area contributed by atoms with Gasteiger partial charge in [-0.2, -0.15) is 0 Å². The molecule has 4 heterocycles. The van der Waals surface area contributed by atoms with Crippen LogP contribution >= 0.6 is 11.6 Å². The normalized spacial score (nSPS) is 31.2. The number of anilines is 1. The Kier molecular flexibility index (Phi) is 6.89. The molecule has 5 aliphatic rings. The van der Waals surface area contributed by atoms with Gasteiger partial charge in [-0.3, -0.25) is 14.4 Å². The van der Waals surface area contributed by atoms with Crippen molar-refractivity contribution in [3.8, 4) is 11.5 Å². The Labute approximate surface area is 249 Å². The Hall–Kier alpha value is -3.56. The Bertz CT molecular complexity index is 1460. The van der Waals surface area contributed by atoms with Crippen molar-refractivity contribution in [1.29, 1.82) is 0 Å². The first-order chi connectivity index (χ1) is 20.3. The lowest BCUT2D eigenvalue weighted by Gasteiger charge is -2.36. The Balaban J connectivity index is 1.18. The second-order valence-electron chi connectivity index (χ2n) is 12.0. The summed E-state index contributed by atoms with van der Waals surface area (Å²) in [6.45, 7) is 2.24. The van der Waals surface area contributed by atoms with Gasteiger partial charge in [0.25, 0.3) is 0 Å². The number of carbonyl (C=O) groups is 3. The third kappa shape index (κ3) is 4.54. The lowest BCUT2D eigenvalue weighted by molar-refractivity contribution is -0.143. The van der Waals surface area contributed by atoms with Crippen molar-refractivity contribution in [2.75, 3.05) is 18.5 Å². The molecule has 0 aromatic heterocycles. The summed E-state index contributed by atoms with van der Waals surface area (Å²) in [7, 11) is 0. The van der Waals surface area contributed by atoms with Crippen LogP contribution in [0.25, 0.3) is 0 Å². The van der Waals surface area contributed by atoms with E-state index in [-0.39, 0.29) is 36.9 Å². The number of hydrogen-bond acceptors (Lipinski definition) is 6. The first-order valence-electron chi connectivity index (χ1n) is 14.8. The van der Waals surface area contributed by atoms with Gasteiger partial charge in [0.2, 0.25) is 17.7 Å². The summed E-state index contributed by atoms with van der Waals surface area (Å²) in [4.78, 5) is 43.6. The Morgan fingerprint density at radius 3 is 2.64 bits per heavy atom. The highest BCUT2D eigenvalue weighted by atomic mass is 35.5. The molecule has 4 aliphatic heterocycles. The van der Waals surface area contributed by atoms with Crippen LogP contribution in [0, 0.1) is 18.8 Å². The lowest BCUT2D eigenvalue weighted by atomic mass is 9.74. The second kappa shape index (κ2) is 10.6. The highest BCUT2D eigenvalue weighted by molar-refractivity contribution is 6.31. The molecule has 1 spiro atoms. The number of fused-ring (bicyclic) bond motifs is 2. The molecule has 6 atom stereocenters. The molecule has 7 rings (SSSR count). The molecule has 10 heteroatoms. The summed E-state index contributed by atoms with van der Waals surface area (Å²) in [6.07, 6.45) is 7.61. The predicted molar refractivity (Wildman–Crippen MR) is 155 cm³/mol. The van der Waals surface area contributed by atoms with E-state index >= 15 is 0 Å². The Morgan fingerprint density at radius 1 is 1.07 bits per heavy atom. The average Bonchev–Trinajstić information content (AvgIpc) is 3.63. The van der Waals surface area contributed by atoms with Crippen LogP contribution in [0.15, 0.2) is 54.6 Å². The number of benzene rings is 2. The highest BCUT2D eigenvalue weighted by Crippen LogP contribution is 2.55. The summed E-state index contributed by atoms with van der Waals surface area (Å²) in [5.41, 5.74) is 0.183. The minimum Gasteiger partial charge on any atom is -0.486 e. The molecule has 9 nitrogen and oxygen atoms in total. The van der Waals surface area contributed by atoms with E-state index < -0.39 is 35.7 Å². The van der Waals surface area contributed by atoms with E-state index in [2.05, 4.69) is 10.6 Å². The molecule has 2 aromatic rings. The van der Waals surface area contributed by atoms with E-state index in [1.807, 2.05) is 49.4 Å². The second-order valence-corrected chi connectivity index (χ2v) is 12.4. The van der Waals surface area contributed by atoms with E-state index in [0.29, 0.717) is 22.2 Å². The van der Waals surface area contributed by atoms with Crippen LogP contribution in [0.1, 0.15) is 37.7 Å². The summed E-state index contributed by atoms with van der Waals surface area (Å²) in [5, 5.41) is 6.68. The lowest BCUT2D eigenvalue weighted by Crippen LogP contribution is -2.58. The minimum atomic E-state index is -1.25. The maximum Gasteiger partial charge on any atom is 0.246 e. The van der Waals surface area contributed by atoms with Crippen LogP contribution in [-0.2, 0) is 19.1 Å². The van der Waals surface area contributed by atoms with Crippen LogP contribution in [0.4, 0.5) is 5.69 Å². The molecule has 1 saturated carbocycles. The topological polar surface area (TPSA) is 106 Å². The molecule has 2 aromatic carbocycles. The van der Waals surface area contributed by atoms with Crippen LogP contribution < -0.4 is 20.1 Å². The number of carbonyl (C=O) groups excluding carboxylic acids is 3. The predicted octanol–water partition coefficient (Wildman–Crippen LogP) is 4.03. The fourth-order valence-electron chi connectivity index (χ4n) is 7.26. The number of para-hydroxylation sites is 2. The maximum atomic E-state index is 14.3. The molecule has 3 amide bonds. The molecule has 2 saturated heterocycles. The smallest absolute Gasteiger partial charge is 0.246 e. The zero-order valence-corrected chi connectivity index (χ0v) is 24.1. The largest absolute Gasteiger partial charge is 0.486 e. The van der Waals surface area contributed by atoms with Gasteiger partial charge in [-0.15, -0.1) is 0 Å². The number of rotatable bonds is 6. The van der Waals surface area contributed by atoms with E-state index in [1.54, 1.807) is 17.0 Å². The zero-order chi connectivity index (χ0) is 29.0. The van der Waals surface area contributed by atoms with E-state index in [0.717, 1.165) is 37.7 Å². The van der Waals surface area contributed by atoms with Crippen LogP contribution in [0.5, 0.6) is 11.5 Å². The number of hydrogen-bond donors (Lipinski definition) is 2. The first-order valence-corrected chi connectivity index (χ1v) is 15.2. The van der Waals surface area contributed by atoms with Gasteiger partial charge < -0.3 is 29.7 Å². The summed E-state index contributed by atoms with van der Waals surface area (Å²) < 4.78 is 18.6. The van der Waals surface area contributed by atoms with Crippen LogP contribution in [0.2, 0.25) is 5.02 Å². The van der Waals surface area contributed by atoms with E-state index in [4.69, 9.17) is 25.8 Å². The molecule has 0 radical (unpaired) electrons. The highest BCUT2D eigenvalue weighted by Gasteiger charge is 2.73. The molecule has 1 aliphatic carbocycles. The van der Waals surface area contributed by atoms with Crippen molar-refractivity contribution in [3.05, 3.63) is 65.2 Å². The number of amides is 3. The summed E-state index contributed by atoms with van der Waals surface area (Å²) in [5.74, 6) is -1.32. The molecule has 2 bridgehead atoms. The number of ether oxygens (including phenoxy) is 3. The third-order valence-corrected chi connectivity index (χ3v) is 9.69. The molecule has 42 heavy (non-hydrogen) atoms. The van der Waals surface area contributed by atoms with Crippen LogP contribution in [0.3, 0.4) is 0 Å². The number of aryl methyl sites for hydroxylation is 1. The quantitative estimate of drug-likeness (QED) is 0.492. The van der Waals surface area contributed by atoms with Crippen molar-refractivity contribution in [2.24, 2.45) is 11.8 Å². The molecule has 2 N–H and O–H groups in total.